The topological polar surface area (TPSA) is 31.4 Å². The third-order valence-corrected chi connectivity index (χ3v) is 4.83. The van der Waals surface area contributed by atoms with Crippen LogP contribution in [-0.2, 0) is 13.0 Å². The van der Waals surface area contributed by atoms with E-state index in [1.165, 1.54) is 0 Å². The molecule has 0 unspecified atom stereocenters. The van der Waals surface area contributed by atoms with Gasteiger partial charge in [0, 0.05) is 46.1 Å². The van der Waals surface area contributed by atoms with Crippen molar-refractivity contribution in [2.45, 2.75) is 13.0 Å². The molecule has 0 atom stereocenters. The van der Waals surface area contributed by atoms with Crippen molar-refractivity contribution >= 4 is 29.3 Å². The molecule has 1 aliphatic heterocycles. The second-order valence-electron chi connectivity index (χ2n) is 5.93. The van der Waals surface area contributed by atoms with Gasteiger partial charge in [-0.25, -0.2) is 0 Å². The van der Waals surface area contributed by atoms with Crippen LogP contribution in [0.4, 0.5) is 0 Å². The van der Waals surface area contributed by atoms with Crippen LogP contribution in [0.15, 0.2) is 66.7 Å². The van der Waals surface area contributed by atoms with Crippen LogP contribution in [-0.4, -0.2) is 4.98 Å². The molecule has 2 aromatic carbocycles. The van der Waals surface area contributed by atoms with E-state index >= 15 is 0 Å². The lowest BCUT2D eigenvalue weighted by Crippen LogP contribution is -1.97. The van der Waals surface area contributed by atoms with Crippen molar-refractivity contribution in [2.75, 3.05) is 0 Å². The van der Waals surface area contributed by atoms with Crippen LogP contribution in [0.3, 0.4) is 0 Å². The Bertz CT molecular complexity index is 951. The van der Waals surface area contributed by atoms with Crippen LogP contribution in [0.2, 0.25) is 10.0 Å². The van der Waals surface area contributed by atoms with Gasteiger partial charge in [-0.3, -0.25) is 4.98 Å². The minimum Gasteiger partial charge on any atom is -0.489 e. The fraction of sp³-hybridized carbons (Fsp3) is 0.0952. The van der Waals surface area contributed by atoms with Crippen LogP contribution in [0.5, 0.6) is 11.5 Å². The summed E-state index contributed by atoms with van der Waals surface area (Å²) in [6.07, 6.45) is 6.31. The number of nitrogens with zero attached hydrogens (tertiary/aromatic N) is 1. The smallest absolute Gasteiger partial charge is 0.134 e. The van der Waals surface area contributed by atoms with Crippen LogP contribution >= 0.6 is 23.2 Å². The first-order chi connectivity index (χ1) is 12.7. The largest absolute Gasteiger partial charge is 0.489 e. The molecule has 0 N–H and O–H groups in total. The maximum Gasteiger partial charge on any atom is 0.134 e. The summed E-state index contributed by atoms with van der Waals surface area (Å²) in [7, 11) is 0. The normalized spacial score (nSPS) is 14.2. The summed E-state index contributed by atoms with van der Waals surface area (Å²) < 4.78 is 11.8. The molecule has 1 aromatic heterocycles. The molecule has 0 radical (unpaired) electrons. The van der Waals surface area contributed by atoms with Gasteiger partial charge < -0.3 is 9.47 Å². The number of aromatic nitrogens is 1. The Kier molecular flexibility index (Phi) is 4.83. The van der Waals surface area contributed by atoms with E-state index in [1.807, 2.05) is 42.5 Å². The lowest BCUT2D eigenvalue weighted by Gasteiger charge is -2.10. The summed E-state index contributed by atoms with van der Waals surface area (Å²) in [4.78, 5) is 4.02. The van der Waals surface area contributed by atoms with Gasteiger partial charge in [-0.15, -0.1) is 0 Å². The van der Waals surface area contributed by atoms with Crippen LogP contribution in [0, 0.1) is 0 Å². The highest BCUT2D eigenvalue weighted by atomic mass is 35.5. The number of pyridine rings is 1. The number of rotatable bonds is 4. The molecule has 0 aliphatic carbocycles. The number of allylic oxidation sites excluding steroid dienone is 1. The molecule has 1 aliphatic rings. The number of hydrogen-bond acceptors (Lipinski definition) is 3. The zero-order valence-corrected chi connectivity index (χ0v) is 15.3. The van der Waals surface area contributed by atoms with Crippen molar-refractivity contribution in [3.05, 3.63) is 93.4 Å². The Morgan fingerprint density at radius 2 is 1.81 bits per heavy atom. The van der Waals surface area contributed by atoms with E-state index < -0.39 is 0 Å². The highest BCUT2D eigenvalue weighted by molar-refractivity contribution is 6.35. The number of fused-ring (bicyclic) bond motifs is 1. The minimum atomic E-state index is 0.303. The molecule has 26 heavy (non-hydrogen) atoms. The molecule has 3 aromatic rings. The Morgan fingerprint density at radius 3 is 2.58 bits per heavy atom. The number of halogens is 2. The molecule has 0 bridgehead atoms. The predicted molar refractivity (Wildman–Crippen MR) is 104 cm³/mol. The molecule has 0 amide bonds. The van der Waals surface area contributed by atoms with Gasteiger partial charge in [-0.2, -0.15) is 0 Å². The Labute approximate surface area is 161 Å². The predicted octanol–water partition coefficient (Wildman–Crippen LogP) is 5.94. The van der Waals surface area contributed by atoms with Gasteiger partial charge in [0.15, 0.2) is 0 Å². The SMILES string of the molecule is Clc1cccc(Cl)c1COc1ccc2c(c1)O/C(=C\c1ccncc1)C2. The van der Waals surface area contributed by atoms with Crippen molar-refractivity contribution in [3.8, 4) is 11.5 Å². The number of hydrogen-bond donors (Lipinski definition) is 0. The van der Waals surface area contributed by atoms with Gasteiger partial charge in [0.05, 0.1) is 0 Å². The van der Waals surface area contributed by atoms with Gasteiger partial charge in [-0.05, 0) is 42.0 Å². The highest BCUT2D eigenvalue weighted by Crippen LogP contribution is 2.35. The van der Waals surface area contributed by atoms with Gasteiger partial charge in [-0.1, -0.05) is 35.3 Å². The van der Waals surface area contributed by atoms with Crippen LogP contribution in [0.25, 0.3) is 6.08 Å². The first-order valence-electron chi connectivity index (χ1n) is 8.16. The lowest BCUT2D eigenvalue weighted by atomic mass is 10.1. The fourth-order valence-corrected chi connectivity index (χ4v) is 3.29. The molecular formula is C21H15Cl2NO2. The van der Waals surface area contributed by atoms with Crippen molar-refractivity contribution in [1.82, 2.24) is 4.98 Å². The Balaban J connectivity index is 1.48. The number of ether oxygens (including phenoxy) is 2. The van der Waals surface area contributed by atoms with Gasteiger partial charge >= 0.3 is 0 Å². The molecule has 130 valence electrons. The Morgan fingerprint density at radius 1 is 1.04 bits per heavy atom. The van der Waals surface area contributed by atoms with Crippen molar-refractivity contribution in [3.63, 3.8) is 0 Å². The quantitative estimate of drug-likeness (QED) is 0.558. The molecule has 0 spiro atoms. The van der Waals surface area contributed by atoms with E-state index in [4.69, 9.17) is 32.7 Å². The van der Waals surface area contributed by atoms with E-state index in [0.717, 1.165) is 34.6 Å². The molecule has 3 nitrogen and oxygen atoms in total. The molecule has 4 rings (SSSR count). The third kappa shape index (κ3) is 3.69. The average Bonchev–Trinajstić information content (AvgIpc) is 3.03. The summed E-state index contributed by atoms with van der Waals surface area (Å²) in [5.74, 6) is 2.43. The monoisotopic (exact) mass is 383 g/mol. The Hall–Kier alpha value is -2.49. The lowest BCUT2D eigenvalue weighted by molar-refractivity contribution is 0.305. The minimum absolute atomic E-state index is 0.303. The second kappa shape index (κ2) is 7.40. The maximum atomic E-state index is 6.18. The van der Waals surface area contributed by atoms with Crippen molar-refractivity contribution in [2.24, 2.45) is 0 Å². The molecule has 0 saturated carbocycles. The first-order valence-corrected chi connectivity index (χ1v) is 8.92. The summed E-state index contributed by atoms with van der Waals surface area (Å²) in [6.45, 7) is 0.303. The van der Waals surface area contributed by atoms with Gasteiger partial charge in [0.2, 0.25) is 0 Å². The fourth-order valence-electron chi connectivity index (χ4n) is 2.78. The highest BCUT2D eigenvalue weighted by Gasteiger charge is 2.18. The van der Waals surface area contributed by atoms with E-state index in [1.54, 1.807) is 24.5 Å². The third-order valence-electron chi connectivity index (χ3n) is 4.12. The molecule has 5 heteroatoms. The summed E-state index contributed by atoms with van der Waals surface area (Å²) in [5, 5.41) is 1.19. The van der Waals surface area contributed by atoms with Gasteiger partial charge in [0.25, 0.3) is 0 Å². The molecule has 0 saturated heterocycles. The number of benzene rings is 2. The van der Waals surface area contributed by atoms with E-state index in [-0.39, 0.29) is 0 Å². The zero-order valence-electron chi connectivity index (χ0n) is 13.8. The summed E-state index contributed by atoms with van der Waals surface area (Å²) in [6, 6.07) is 15.2. The summed E-state index contributed by atoms with van der Waals surface area (Å²) >= 11 is 12.4. The summed E-state index contributed by atoms with van der Waals surface area (Å²) in [5.41, 5.74) is 2.97. The van der Waals surface area contributed by atoms with E-state index in [9.17, 15) is 0 Å². The molecule has 2 heterocycles. The second-order valence-corrected chi connectivity index (χ2v) is 6.74. The zero-order chi connectivity index (χ0) is 17.9. The van der Waals surface area contributed by atoms with E-state index in [0.29, 0.717) is 22.4 Å². The standard InChI is InChI=1S/C21H15Cl2NO2/c22-19-2-1-3-20(23)18(19)13-25-16-5-4-15-11-17(26-21(15)12-16)10-14-6-8-24-9-7-14/h1-10,12H,11,13H2/b17-10-. The van der Waals surface area contributed by atoms with Crippen molar-refractivity contribution in [1.29, 1.82) is 0 Å². The van der Waals surface area contributed by atoms with Gasteiger partial charge in [0.1, 0.15) is 23.9 Å². The van der Waals surface area contributed by atoms with Crippen molar-refractivity contribution < 1.29 is 9.47 Å². The van der Waals surface area contributed by atoms with Crippen LogP contribution < -0.4 is 9.47 Å². The average molecular weight is 384 g/mol. The van der Waals surface area contributed by atoms with Crippen LogP contribution in [0.1, 0.15) is 16.7 Å². The molecular weight excluding hydrogens is 369 g/mol. The van der Waals surface area contributed by atoms with E-state index in [2.05, 4.69) is 4.98 Å². The first kappa shape index (κ1) is 17.0. The molecule has 0 fully saturated rings. The maximum absolute atomic E-state index is 6.18.